The maximum atomic E-state index is 15.8. The number of hydrogen-bond acceptors (Lipinski definition) is 6. The highest BCUT2D eigenvalue weighted by Crippen LogP contribution is 2.33. The maximum absolute atomic E-state index is 15.8. The van der Waals surface area contributed by atoms with Gasteiger partial charge in [0.05, 0.1) is 0 Å². The quantitative estimate of drug-likeness (QED) is 0.389. The second kappa shape index (κ2) is 11.0. The number of alkyl halides is 1. The number of nitrogens with one attached hydrogen (secondary N) is 2. The minimum Gasteiger partial charge on any atom is -0.598 e. The molecule has 0 bridgehead atoms. The SMILES string of the molecule is CC(C)(C)[S+]([O-])N[C@@H](c1cc(Br)ccc1F)[C@H](F)CC1C(=O)NC(=O)N(C2CCOCC2)C1=O. The van der Waals surface area contributed by atoms with Gasteiger partial charge in [0.2, 0.25) is 11.8 Å². The lowest BCUT2D eigenvalue weighted by molar-refractivity contribution is -0.146. The highest BCUT2D eigenvalue weighted by atomic mass is 79.9. The fourth-order valence-corrected chi connectivity index (χ4v) is 5.11. The Kier molecular flexibility index (Phi) is 8.72. The standard InChI is InChI=1S/C22H28BrF2N3O5S/c1-22(2,3)34(32)27-18(14-10-12(23)4-5-16(14)24)17(25)11-15-19(29)26-21(31)28(20(15)30)13-6-8-33-9-7-13/h4-5,10,13,15,17-18,27H,6-9,11H2,1-3H3,(H,26,29,31)/t15?,17-,18+,34?/m1/s1. The molecule has 2 aliphatic heterocycles. The number of imide groups is 2. The Labute approximate surface area is 208 Å². The first-order chi connectivity index (χ1) is 15.9. The van der Waals surface area contributed by atoms with Crippen molar-refractivity contribution in [3.63, 3.8) is 0 Å². The van der Waals surface area contributed by atoms with E-state index in [1.54, 1.807) is 20.8 Å². The van der Waals surface area contributed by atoms with E-state index in [2.05, 4.69) is 26.0 Å². The zero-order valence-electron chi connectivity index (χ0n) is 19.1. The summed E-state index contributed by atoms with van der Waals surface area (Å²) in [5.74, 6) is -3.93. The Morgan fingerprint density at radius 3 is 2.56 bits per heavy atom. The molecule has 1 aromatic carbocycles. The minimum absolute atomic E-state index is 0.0968. The number of urea groups is 1. The number of rotatable bonds is 7. The molecule has 2 N–H and O–H groups in total. The van der Waals surface area contributed by atoms with E-state index in [1.165, 1.54) is 12.1 Å². The van der Waals surface area contributed by atoms with Crippen LogP contribution >= 0.6 is 15.9 Å². The van der Waals surface area contributed by atoms with Gasteiger partial charge in [-0.1, -0.05) is 15.9 Å². The number of benzene rings is 1. The van der Waals surface area contributed by atoms with Gasteiger partial charge < -0.3 is 9.29 Å². The zero-order chi connectivity index (χ0) is 25.2. The van der Waals surface area contributed by atoms with Crippen molar-refractivity contribution < 1.29 is 32.5 Å². The Hall–Kier alpha value is -1.60. The minimum atomic E-state index is -1.97. The summed E-state index contributed by atoms with van der Waals surface area (Å²) < 4.78 is 50.8. The molecule has 2 fully saturated rings. The third kappa shape index (κ3) is 6.14. The Morgan fingerprint density at radius 1 is 1.29 bits per heavy atom. The number of hydrogen-bond donors (Lipinski definition) is 2. The average Bonchev–Trinajstić information content (AvgIpc) is 2.76. The van der Waals surface area contributed by atoms with Crippen LogP contribution < -0.4 is 10.0 Å². The van der Waals surface area contributed by atoms with E-state index in [0.717, 1.165) is 11.0 Å². The molecule has 12 heteroatoms. The summed E-state index contributed by atoms with van der Waals surface area (Å²) in [4.78, 5) is 39.0. The second-order valence-electron chi connectivity index (χ2n) is 9.29. The molecule has 2 heterocycles. The van der Waals surface area contributed by atoms with Gasteiger partial charge in [-0.2, -0.15) is 0 Å². The third-order valence-electron chi connectivity index (χ3n) is 5.76. The number of ether oxygens (including phenoxy) is 1. The summed E-state index contributed by atoms with van der Waals surface area (Å²) >= 11 is 1.45. The first kappa shape index (κ1) is 27.0. The molecule has 0 aliphatic carbocycles. The van der Waals surface area contributed by atoms with E-state index in [-0.39, 0.29) is 5.56 Å². The van der Waals surface area contributed by atoms with Crippen molar-refractivity contribution in [3.8, 4) is 0 Å². The Morgan fingerprint density at radius 2 is 1.94 bits per heavy atom. The van der Waals surface area contributed by atoms with Gasteiger partial charge >= 0.3 is 6.03 Å². The predicted octanol–water partition coefficient (Wildman–Crippen LogP) is 3.28. The molecule has 0 saturated carbocycles. The second-order valence-corrected chi connectivity index (χ2v) is 12.2. The molecule has 4 atom stereocenters. The number of halogens is 3. The van der Waals surface area contributed by atoms with E-state index < -0.39 is 70.4 Å². The largest absolute Gasteiger partial charge is 0.598 e. The predicted molar refractivity (Wildman–Crippen MR) is 125 cm³/mol. The van der Waals surface area contributed by atoms with Gasteiger partial charge in [-0.25, -0.2) is 13.6 Å². The van der Waals surface area contributed by atoms with Crippen LogP contribution in [0.2, 0.25) is 0 Å². The molecule has 2 saturated heterocycles. The van der Waals surface area contributed by atoms with E-state index >= 15 is 4.39 Å². The van der Waals surface area contributed by atoms with E-state index in [4.69, 9.17) is 4.74 Å². The molecule has 188 valence electrons. The average molecular weight is 564 g/mol. The van der Waals surface area contributed by atoms with Crippen LogP contribution in [0.25, 0.3) is 0 Å². The summed E-state index contributed by atoms with van der Waals surface area (Å²) in [6, 6.07) is 1.24. The summed E-state index contributed by atoms with van der Waals surface area (Å²) in [6.45, 7) is 5.74. The van der Waals surface area contributed by atoms with Crippen molar-refractivity contribution in [2.45, 2.75) is 63.0 Å². The van der Waals surface area contributed by atoms with Crippen molar-refractivity contribution in [2.24, 2.45) is 5.92 Å². The first-order valence-electron chi connectivity index (χ1n) is 10.9. The molecule has 1 aromatic rings. The van der Waals surface area contributed by atoms with E-state index in [0.29, 0.717) is 30.5 Å². The molecular weight excluding hydrogens is 536 g/mol. The zero-order valence-corrected chi connectivity index (χ0v) is 21.5. The molecular formula is C22H28BrF2N3O5S. The van der Waals surface area contributed by atoms with E-state index in [1.807, 2.05) is 0 Å². The lowest BCUT2D eigenvalue weighted by Gasteiger charge is -2.38. The fraction of sp³-hybridized carbons (Fsp3) is 0.591. The molecule has 2 unspecified atom stereocenters. The summed E-state index contributed by atoms with van der Waals surface area (Å²) in [7, 11) is 0. The number of barbiturate groups is 1. The van der Waals surface area contributed by atoms with Gasteiger partial charge in [0.25, 0.3) is 0 Å². The topological polar surface area (TPSA) is 111 Å². The van der Waals surface area contributed by atoms with Gasteiger partial charge in [0.1, 0.15) is 28.7 Å². The lowest BCUT2D eigenvalue weighted by Crippen LogP contribution is -2.62. The van der Waals surface area contributed by atoms with Gasteiger partial charge in [-0.05, 0) is 51.8 Å². The highest BCUT2D eigenvalue weighted by molar-refractivity contribution is 9.10. The molecule has 0 radical (unpaired) electrons. The van der Waals surface area contributed by atoms with Gasteiger partial charge in [0, 0.05) is 47.1 Å². The van der Waals surface area contributed by atoms with Crippen LogP contribution in [0.5, 0.6) is 0 Å². The Balaban J connectivity index is 1.87. The third-order valence-corrected chi connectivity index (χ3v) is 7.84. The van der Waals surface area contributed by atoms with Crippen LogP contribution in [0.3, 0.4) is 0 Å². The van der Waals surface area contributed by atoms with Gasteiger partial charge in [0.15, 0.2) is 0 Å². The van der Waals surface area contributed by atoms with Gasteiger partial charge in [-0.15, -0.1) is 4.72 Å². The van der Waals surface area contributed by atoms with Crippen LogP contribution in [0, 0.1) is 11.7 Å². The van der Waals surface area contributed by atoms with Crippen LogP contribution in [0.4, 0.5) is 13.6 Å². The van der Waals surface area contributed by atoms with Crippen molar-refractivity contribution in [2.75, 3.05) is 13.2 Å². The fourth-order valence-electron chi connectivity index (χ4n) is 3.87. The van der Waals surface area contributed by atoms with Crippen LogP contribution in [0.15, 0.2) is 22.7 Å². The number of carbonyl (C=O) groups is 3. The lowest BCUT2D eigenvalue weighted by atomic mass is 9.91. The molecule has 8 nitrogen and oxygen atoms in total. The summed E-state index contributed by atoms with van der Waals surface area (Å²) in [5, 5.41) is 2.13. The van der Waals surface area contributed by atoms with Crippen molar-refractivity contribution in [1.82, 2.24) is 14.9 Å². The van der Waals surface area contributed by atoms with E-state index in [9.17, 15) is 23.3 Å². The monoisotopic (exact) mass is 563 g/mol. The number of carbonyl (C=O) groups excluding carboxylic acids is 3. The van der Waals surface area contributed by atoms with Crippen molar-refractivity contribution >= 4 is 45.1 Å². The Bertz CT molecular complexity index is 942. The van der Waals surface area contributed by atoms with Crippen LogP contribution in [-0.4, -0.2) is 57.5 Å². The normalized spacial score (nSPS) is 23.0. The number of nitrogens with zero attached hydrogens (tertiary/aromatic N) is 1. The van der Waals surface area contributed by atoms with Crippen molar-refractivity contribution in [1.29, 1.82) is 0 Å². The molecule has 34 heavy (non-hydrogen) atoms. The van der Waals surface area contributed by atoms with Crippen LogP contribution in [0.1, 0.15) is 51.6 Å². The molecule has 4 amide bonds. The molecule has 0 aromatic heterocycles. The number of amides is 4. The summed E-state index contributed by atoms with van der Waals surface area (Å²) in [6.07, 6.45) is -1.77. The molecule has 3 rings (SSSR count). The molecule has 2 aliphatic rings. The van der Waals surface area contributed by atoms with Gasteiger partial charge in [-0.3, -0.25) is 19.8 Å². The highest BCUT2D eigenvalue weighted by Gasteiger charge is 2.46. The van der Waals surface area contributed by atoms with Crippen LogP contribution in [-0.2, 0) is 25.7 Å². The molecule has 0 spiro atoms. The smallest absolute Gasteiger partial charge is 0.331 e. The maximum Gasteiger partial charge on any atom is 0.331 e. The summed E-state index contributed by atoms with van der Waals surface area (Å²) in [5.41, 5.74) is -0.0968. The van der Waals surface area contributed by atoms with Crippen molar-refractivity contribution in [3.05, 3.63) is 34.1 Å². The first-order valence-corrected chi connectivity index (χ1v) is 12.9.